The third-order valence-electron chi connectivity index (χ3n) is 5.53. The Balaban J connectivity index is 1.47. The van der Waals surface area contributed by atoms with Gasteiger partial charge in [-0.3, -0.25) is 9.78 Å². The lowest BCUT2D eigenvalue weighted by molar-refractivity contribution is 0.0676. The van der Waals surface area contributed by atoms with Crippen molar-refractivity contribution in [3.8, 4) is 17.4 Å². The largest absolute Gasteiger partial charge is 0.495 e. The van der Waals surface area contributed by atoms with Crippen LogP contribution in [-0.2, 0) is 13.0 Å². The van der Waals surface area contributed by atoms with E-state index in [9.17, 15) is 4.79 Å². The van der Waals surface area contributed by atoms with E-state index in [1.165, 1.54) is 5.56 Å². The summed E-state index contributed by atoms with van der Waals surface area (Å²) in [5.41, 5.74) is 3.70. The van der Waals surface area contributed by atoms with Crippen molar-refractivity contribution in [2.24, 2.45) is 0 Å². The summed E-state index contributed by atoms with van der Waals surface area (Å²) in [5.74, 6) is 1.91. The second-order valence-electron chi connectivity index (χ2n) is 7.35. The molecule has 0 aliphatic carbocycles. The SMILES string of the molecule is COc1ccc(COc2ccc3c(c2)C(C)N(C(=O)c2ccc(OC)nc2)CC3)nc1. The van der Waals surface area contributed by atoms with Crippen LogP contribution in [0.25, 0.3) is 0 Å². The average molecular weight is 419 g/mol. The molecular weight excluding hydrogens is 394 g/mol. The molecule has 7 nitrogen and oxygen atoms in total. The Bertz CT molecular complexity index is 1050. The standard InChI is InChI=1S/C24H25N3O4/c1-16-22-12-20(31-15-19-6-8-21(29-2)14-25-19)7-4-17(22)10-11-27(16)24(28)18-5-9-23(30-3)26-13-18/h4-9,12-14,16H,10-11,15H2,1-3H3. The highest BCUT2D eigenvalue weighted by atomic mass is 16.5. The first-order valence-corrected chi connectivity index (χ1v) is 10.1. The summed E-state index contributed by atoms with van der Waals surface area (Å²) in [7, 11) is 3.17. The van der Waals surface area contributed by atoms with Crippen molar-refractivity contribution in [2.45, 2.75) is 26.0 Å². The fraction of sp³-hybridized carbons (Fsp3) is 0.292. The second-order valence-corrected chi connectivity index (χ2v) is 7.35. The number of carbonyl (C=O) groups is 1. The molecule has 1 amide bonds. The molecule has 0 saturated carbocycles. The molecule has 0 bridgehead atoms. The highest BCUT2D eigenvalue weighted by Gasteiger charge is 2.29. The molecular formula is C24H25N3O4. The maximum Gasteiger partial charge on any atom is 0.255 e. The Kier molecular flexibility index (Phi) is 6.02. The van der Waals surface area contributed by atoms with Crippen molar-refractivity contribution < 1.29 is 19.0 Å². The summed E-state index contributed by atoms with van der Waals surface area (Å²) < 4.78 is 16.2. The average Bonchev–Trinajstić information content (AvgIpc) is 2.83. The first kappa shape index (κ1) is 20.7. The van der Waals surface area contributed by atoms with Gasteiger partial charge >= 0.3 is 0 Å². The van der Waals surface area contributed by atoms with Gasteiger partial charge in [0.15, 0.2) is 0 Å². The lowest BCUT2D eigenvalue weighted by atomic mass is 9.93. The Morgan fingerprint density at radius 1 is 1.03 bits per heavy atom. The van der Waals surface area contributed by atoms with E-state index in [4.69, 9.17) is 14.2 Å². The first-order chi connectivity index (χ1) is 15.1. The molecule has 1 aliphatic rings. The van der Waals surface area contributed by atoms with Gasteiger partial charge in [-0.15, -0.1) is 0 Å². The second kappa shape index (κ2) is 9.04. The van der Waals surface area contributed by atoms with Crippen molar-refractivity contribution in [3.05, 3.63) is 77.2 Å². The highest BCUT2D eigenvalue weighted by Crippen LogP contribution is 2.33. The molecule has 7 heteroatoms. The molecule has 0 radical (unpaired) electrons. The topological polar surface area (TPSA) is 73.8 Å². The minimum absolute atomic E-state index is 0.0398. The summed E-state index contributed by atoms with van der Waals surface area (Å²) in [6.45, 7) is 3.06. The van der Waals surface area contributed by atoms with Gasteiger partial charge in [-0.1, -0.05) is 6.07 Å². The van der Waals surface area contributed by atoms with Gasteiger partial charge in [0.2, 0.25) is 5.88 Å². The van der Waals surface area contributed by atoms with E-state index in [1.807, 2.05) is 36.1 Å². The van der Waals surface area contributed by atoms with Crippen LogP contribution in [0.15, 0.2) is 54.9 Å². The van der Waals surface area contributed by atoms with E-state index in [1.54, 1.807) is 38.7 Å². The normalized spacial score (nSPS) is 15.2. The van der Waals surface area contributed by atoms with Crippen LogP contribution in [-0.4, -0.2) is 41.5 Å². The maximum atomic E-state index is 13.1. The third-order valence-corrected chi connectivity index (χ3v) is 5.53. The zero-order valence-corrected chi connectivity index (χ0v) is 17.9. The zero-order chi connectivity index (χ0) is 21.8. The molecule has 0 N–H and O–H groups in total. The Morgan fingerprint density at radius 2 is 1.87 bits per heavy atom. The number of hydrogen-bond donors (Lipinski definition) is 0. The van der Waals surface area contributed by atoms with Gasteiger partial charge < -0.3 is 19.1 Å². The van der Waals surface area contributed by atoms with E-state index < -0.39 is 0 Å². The Hall–Kier alpha value is -3.61. The van der Waals surface area contributed by atoms with Crippen LogP contribution in [0.5, 0.6) is 17.4 Å². The number of fused-ring (bicyclic) bond motifs is 1. The molecule has 160 valence electrons. The van der Waals surface area contributed by atoms with Gasteiger partial charge in [-0.2, -0.15) is 0 Å². The van der Waals surface area contributed by atoms with E-state index in [-0.39, 0.29) is 11.9 Å². The van der Waals surface area contributed by atoms with E-state index in [0.717, 1.165) is 23.4 Å². The predicted molar refractivity (Wildman–Crippen MR) is 116 cm³/mol. The number of rotatable bonds is 6. The van der Waals surface area contributed by atoms with Crippen LogP contribution in [0.2, 0.25) is 0 Å². The van der Waals surface area contributed by atoms with Crippen LogP contribution >= 0.6 is 0 Å². The van der Waals surface area contributed by atoms with Crippen molar-refractivity contribution in [1.82, 2.24) is 14.9 Å². The van der Waals surface area contributed by atoms with Gasteiger partial charge in [-0.05, 0) is 54.8 Å². The van der Waals surface area contributed by atoms with Gasteiger partial charge in [0, 0.05) is 18.8 Å². The number of methoxy groups -OCH3 is 2. The first-order valence-electron chi connectivity index (χ1n) is 10.1. The molecule has 0 fully saturated rings. The molecule has 1 atom stereocenters. The maximum absolute atomic E-state index is 13.1. The molecule has 0 spiro atoms. The van der Waals surface area contributed by atoms with Crippen molar-refractivity contribution in [2.75, 3.05) is 20.8 Å². The molecule has 1 aromatic carbocycles. The van der Waals surface area contributed by atoms with Crippen molar-refractivity contribution in [3.63, 3.8) is 0 Å². The van der Waals surface area contributed by atoms with Crippen molar-refractivity contribution in [1.29, 1.82) is 0 Å². The summed E-state index contributed by atoms with van der Waals surface area (Å²) >= 11 is 0. The van der Waals surface area contributed by atoms with Crippen LogP contribution in [0.4, 0.5) is 0 Å². The third kappa shape index (κ3) is 4.45. The zero-order valence-electron chi connectivity index (χ0n) is 17.9. The van der Waals surface area contributed by atoms with Gasteiger partial charge in [-0.25, -0.2) is 4.98 Å². The Morgan fingerprint density at radius 3 is 2.55 bits per heavy atom. The number of benzene rings is 1. The summed E-state index contributed by atoms with van der Waals surface area (Å²) in [6.07, 6.45) is 4.03. The quantitative estimate of drug-likeness (QED) is 0.605. The van der Waals surface area contributed by atoms with Gasteiger partial charge in [0.05, 0.1) is 37.7 Å². The van der Waals surface area contributed by atoms with E-state index >= 15 is 0 Å². The summed E-state index contributed by atoms with van der Waals surface area (Å²) in [5, 5.41) is 0. The fourth-order valence-electron chi connectivity index (χ4n) is 3.73. The molecule has 0 saturated heterocycles. The van der Waals surface area contributed by atoms with Crippen LogP contribution in [0.3, 0.4) is 0 Å². The molecule has 31 heavy (non-hydrogen) atoms. The van der Waals surface area contributed by atoms with Crippen LogP contribution in [0.1, 0.15) is 40.1 Å². The molecule has 1 aliphatic heterocycles. The lowest BCUT2D eigenvalue weighted by Crippen LogP contribution is -2.38. The molecule has 1 unspecified atom stereocenters. The monoisotopic (exact) mass is 419 g/mol. The van der Waals surface area contributed by atoms with Gasteiger partial charge in [0.1, 0.15) is 18.1 Å². The number of nitrogens with zero attached hydrogens (tertiary/aromatic N) is 3. The summed E-state index contributed by atoms with van der Waals surface area (Å²) in [6, 6.07) is 13.2. The number of amides is 1. The molecule has 3 heterocycles. The van der Waals surface area contributed by atoms with E-state index in [2.05, 4.69) is 16.0 Å². The predicted octanol–water partition coefficient (Wildman–Crippen LogP) is 3.83. The fourth-order valence-corrected chi connectivity index (χ4v) is 3.73. The lowest BCUT2D eigenvalue weighted by Gasteiger charge is -2.35. The van der Waals surface area contributed by atoms with Gasteiger partial charge in [0.25, 0.3) is 5.91 Å². The van der Waals surface area contributed by atoms with Crippen molar-refractivity contribution >= 4 is 5.91 Å². The number of ether oxygens (including phenoxy) is 3. The molecule has 4 rings (SSSR count). The van der Waals surface area contributed by atoms with Crippen LogP contribution in [0, 0.1) is 0 Å². The minimum Gasteiger partial charge on any atom is -0.495 e. The highest BCUT2D eigenvalue weighted by molar-refractivity contribution is 5.94. The smallest absolute Gasteiger partial charge is 0.255 e. The van der Waals surface area contributed by atoms with Crippen LogP contribution < -0.4 is 14.2 Å². The molecule has 2 aromatic heterocycles. The molecule has 3 aromatic rings. The minimum atomic E-state index is -0.0685. The van der Waals surface area contributed by atoms with E-state index in [0.29, 0.717) is 30.3 Å². The number of aromatic nitrogens is 2. The Labute approximate surface area is 181 Å². The summed E-state index contributed by atoms with van der Waals surface area (Å²) in [4.78, 5) is 23.4. The number of hydrogen-bond acceptors (Lipinski definition) is 6. The number of carbonyl (C=O) groups excluding carboxylic acids is 1. The number of pyridine rings is 2.